The highest BCUT2D eigenvalue weighted by atomic mass is 32.2. The molecule has 1 aromatic heterocycles. The second-order valence-electron chi connectivity index (χ2n) is 4.11. The molecule has 1 saturated heterocycles. The quantitative estimate of drug-likeness (QED) is 0.861. The molecule has 0 spiro atoms. The molecule has 0 amide bonds. The van der Waals surface area contributed by atoms with Crippen molar-refractivity contribution in [2.45, 2.75) is 35.7 Å². The Balaban J connectivity index is 2.05. The number of hydrogen-bond donors (Lipinski definition) is 2. The van der Waals surface area contributed by atoms with Crippen molar-refractivity contribution in [3.05, 3.63) is 11.7 Å². The summed E-state index contributed by atoms with van der Waals surface area (Å²) in [6.07, 6.45) is -0.853. The fourth-order valence-electron chi connectivity index (χ4n) is 1.53. The van der Waals surface area contributed by atoms with Crippen LogP contribution in [0.4, 0.5) is 0 Å². The Kier molecular flexibility index (Phi) is 4.35. The van der Waals surface area contributed by atoms with Gasteiger partial charge in [0.25, 0.3) is 5.89 Å². The Morgan fingerprint density at radius 2 is 2.29 bits per heavy atom. The molecule has 5 nitrogen and oxygen atoms in total. The lowest BCUT2D eigenvalue weighted by Crippen LogP contribution is -2.22. The standard InChI is InChI=1S/C10H17N3O2S2/c1-5-6(2)17-8(4-16-5)9-12-10(15-13-9)7(14)3-11/h5-8,14H,3-4,11H2,1-2H3. The van der Waals surface area contributed by atoms with Crippen molar-refractivity contribution in [3.8, 4) is 0 Å². The third-order valence-corrected chi connectivity index (χ3v) is 6.19. The maximum atomic E-state index is 9.50. The van der Waals surface area contributed by atoms with E-state index >= 15 is 0 Å². The predicted molar refractivity (Wildman–Crippen MR) is 70.0 cm³/mol. The lowest BCUT2D eigenvalue weighted by molar-refractivity contribution is 0.141. The summed E-state index contributed by atoms with van der Waals surface area (Å²) in [4.78, 5) is 4.22. The van der Waals surface area contributed by atoms with Gasteiger partial charge in [0.05, 0.1) is 5.25 Å². The fourth-order valence-corrected chi connectivity index (χ4v) is 4.37. The van der Waals surface area contributed by atoms with Crippen LogP contribution in [-0.2, 0) is 0 Å². The monoisotopic (exact) mass is 275 g/mol. The number of nitrogens with zero attached hydrogens (tertiary/aromatic N) is 2. The molecule has 3 N–H and O–H groups in total. The summed E-state index contributed by atoms with van der Waals surface area (Å²) in [6, 6.07) is 0. The van der Waals surface area contributed by atoms with Crippen molar-refractivity contribution in [1.82, 2.24) is 10.1 Å². The Morgan fingerprint density at radius 1 is 1.53 bits per heavy atom. The van der Waals surface area contributed by atoms with Crippen LogP contribution in [0.3, 0.4) is 0 Å². The molecule has 17 heavy (non-hydrogen) atoms. The number of rotatable bonds is 3. The SMILES string of the molecule is CC1SCC(c2noc(C(O)CN)n2)SC1C. The van der Waals surface area contributed by atoms with E-state index in [0.717, 1.165) is 5.75 Å². The van der Waals surface area contributed by atoms with Gasteiger partial charge in [-0.3, -0.25) is 0 Å². The highest BCUT2D eigenvalue weighted by Crippen LogP contribution is 2.43. The topological polar surface area (TPSA) is 85.2 Å². The summed E-state index contributed by atoms with van der Waals surface area (Å²) in [5, 5.41) is 14.9. The van der Waals surface area contributed by atoms with Crippen molar-refractivity contribution < 1.29 is 9.63 Å². The van der Waals surface area contributed by atoms with Crippen molar-refractivity contribution >= 4 is 23.5 Å². The highest BCUT2D eigenvalue weighted by molar-refractivity contribution is 8.07. The summed E-state index contributed by atoms with van der Waals surface area (Å²) >= 11 is 3.78. The van der Waals surface area contributed by atoms with Crippen molar-refractivity contribution in [1.29, 1.82) is 0 Å². The van der Waals surface area contributed by atoms with Crippen LogP contribution in [0.1, 0.15) is 36.9 Å². The van der Waals surface area contributed by atoms with E-state index in [0.29, 0.717) is 16.3 Å². The van der Waals surface area contributed by atoms with Crippen LogP contribution in [0.15, 0.2) is 4.52 Å². The third kappa shape index (κ3) is 2.96. The highest BCUT2D eigenvalue weighted by Gasteiger charge is 2.30. The van der Waals surface area contributed by atoms with Gasteiger partial charge in [0, 0.05) is 22.8 Å². The first-order chi connectivity index (χ1) is 8.11. The Morgan fingerprint density at radius 3 is 2.94 bits per heavy atom. The minimum Gasteiger partial charge on any atom is -0.382 e. The van der Waals surface area contributed by atoms with Gasteiger partial charge < -0.3 is 15.4 Å². The van der Waals surface area contributed by atoms with Crippen LogP contribution in [-0.4, -0.2) is 38.0 Å². The minimum absolute atomic E-state index is 0.0988. The maximum absolute atomic E-state index is 9.50. The molecule has 0 aromatic carbocycles. The fraction of sp³-hybridized carbons (Fsp3) is 0.800. The van der Waals surface area contributed by atoms with Gasteiger partial charge >= 0.3 is 0 Å². The molecule has 4 atom stereocenters. The molecule has 1 fully saturated rings. The summed E-state index contributed by atoms with van der Waals surface area (Å²) in [5.41, 5.74) is 5.34. The molecule has 2 rings (SSSR count). The number of thioether (sulfide) groups is 2. The largest absolute Gasteiger partial charge is 0.382 e. The van der Waals surface area contributed by atoms with Gasteiger partial charge in [-0.15, -0.1) is 11.8 Å². The average Bonchev–Trinajstić information content (AvgIpc) is 2.81. The maximum Gasteiger partial charge on any atom is 0.256 e. The first-order valence-corrected chi connectivity index (χ1v) is 7.59. The van der Waals surface area contributed by atoms with Crippen LogP contribution in [0, 0.1) is 0 Å². The lowest BCUT2D eigenvalue weighted by atomic mass is 10.3. The van der Waals surface area contributed by atoms with E-state index in [1.165, 1.54) is 0 Å². The van der Waals surface area contributed by atoms with Crippen LogP contribution < -0.4 is 5.73 Å². The second kappa shape index (κ2) is 5.60. The molecular formula is C10H17N3O2S2. The Hall–Kier alpha value is -0.240. The molecule has 0 bridgehead atoms. The normalized spacial score (nSPS) is 31.4. The molecule has 7 heteroatoms. The van der Waals surface area contributed by atoms with Crippen molar-refractivity contribution in [2.75, 3.05) is 12.3 Å². The first kappa shape index (κ1) is 13.2. The Labute approximate surface area is 109 Å². The number of aliphatic hydroxyl groups is 1. The third-order valence-electron chi connectivity index (χ3n) is 2.80. The Bertz CT molecular complexity index is 374. The first-order valence-electron chi connectivity index (χ1n) is 5.60. The molecule has 0 radical (unpaired) electrons. The second-order valence-corrected chi connectivity index (χ2v) is 7.11. The summed E-state index contributed by atoms with van der Waals surface area (Å²) in [6.45, 7) is 4.55. The van der Waals surface area contributed by atoms with E-state index in [9.17, 15) is 5.11 Å². The van der Waals surface area contributed by atoms with E-state index in [1.807, 2.05) is 23.5 Å². The summed E-state index contributed by atoms with van der Waals surface area (Å²) in [7, 11) is 0. The zero-order chi connectivity index (χ0) is 12.4. The molecular weight excluding hydrogens is 258 g/mol. The zero-order valence-corrected chi connectivity index (χ0v) is 11.5. The van der Waals surface area contributed by atoms with Gasteiger partial charge in [0.2, 0.25) is 0 Å². The molecule has 4 unspecified atom stereocenters. The molecule has 0 aliphatic carbocycles. The average molecular weight is 275 g/mol. The van der Waals surface area contributed by atoms with Crippen molar-refractivity contribution in [2.24, 2.45) is 5.73 Å². The molecule has 1 aliphatic heterocycles. The van der Waals surface area contributed by atoms with Crippen LogP contribution in [0.5, 0.6) is 0 Å². The lowest BCUT2D eigenvalue weighted by Gasteiger charge is -2.29. The van der Waals surface area contributed by atoms with Gasteiger partial charge in [-0.2, -0.15) is 16.7 Å². The van der Waals surface area contributed by atoms with Crippen LogP contribution in [0.25, 0.3) is 0 Å². The molecule has 2 heterocycles. The van der Waals surface area contributed by atoms with Gasteiger partial charge in [-0.1, -0.05) is 19.0 Å². The van der Waals surface area contributed by atoms with Gasteiger partial charge in [0.1, 0.15) is 6.10 Å². The van der Waals surface area contributed by atoms with E-state index < -0.39 is 6.10 Å². The van der Waals surface area contributed by atoms with Gasteiger partial charge in [0.15, 0.2) is 5.82 Å². The van der Waals surface area contributed by atoms with Gasteiger partial charge in [-0.25, -0.2) is 0 Å². The van der Waals surface area contributed by atoms with Crippen LogP contribution >= 0.6 is 23.5 Å². The van der Waals surface area contributed by atoms with Gasteiger partial charge in [-0.05, 0) is 0 Å². The number of nitrogens with two attached hydrogens (primary N) is 1. The van der Waals surface area contributed by atoms with Crippen molar-refractivity contribution in [3.63, 3.8) is 0 Å². The molecule has 1 aliphatic rings. The summed E-state index contributed by atoms with van der Waals surface area (Å²) < 4.78 is 5.02. The van der Waals surface area contributed by atoms with E-state index in [2.05, 4.69) is 24.0 Å². The number of aromatic nitrogens is 2. The van der Waals surface area contributed by atoms with Crippen LogP contribution in [0.2, 0.25) is 0 Å². The van der Waals surface area contributed by atoms with E-state index in [4.69, 9.17) is 10.3 Å². The zero-order valence-electron chi connectivity index (χ0n) is 9.87. The van der Waals surface area contributed by atoms with E-state index in [1.54, 1.807) is 0 Å². The number of aliphatic hydroxyl groups excluding tert-OH is 1. The molecule has 1 aromatic rings. The summed E-state index contributed by atoms with van der Waals surface area (Å²) in [5.74, 6) is 1.87. The predicted octanol–water partition coefficient (Wildman–Crippen LogP) is 1.36. The molecule has 0 saturated carbocycles. The minimum atomic E-state index is -0.853. The molecule has 96 valence electrons. The smallest absolute Gasteiger partial charge is 0.256 e. The number of hydrogen-bond acceptors (Lipinski definition) is 7. The van der Waals surface area contributed by atoms with E-state index in [-0.39, 0.29) is 17.7 Å².